The molecule has 2 rings (SSSR count). The summed E-state index contributed by atoms with van der Waals surface area (Å²) in [5.41, 5.74) is 5.29. The molecule has 1 aromatic carbocycles. The molecule has 0 radical (unpaired) electrons. The zero-order valence-electron chi connectivity index (χ0n) is 11.0. The van der Waals surface area contributed by atoms with Gasteiger partial charge in [-0.3, -0.25) is 4.79 Å². The van der Waals surface area contributed by atoms with Crippen molar-refractivity contribution in [3.8, 4) is 11.8 Å². The van der Waals surface area contributed by atoms with Gasteiger partial charge in [0, 0.05) is 0 Å². The quantitative estimate of drug-likeness (QED) is 0.769. The van der Waals surface area contributed by atoms with Crippen LogP contribution in [-0.2, 0) is 14.8 Å². The summed E-state index contributed by atoms with van der Waals surface area (Å²) < 4.78 is 36.8. The van der Waals surface area contributed by atoms with Gasteiger partial charge in [0.15, 0.2) is 4.75 Å². The third-order valence-corrected chi connectivity index (χ3v) is 5.42. The predicted octanol–water partition coefficient (Wildman–Crippen LogP) is 0.591. The Morgan fingerprint density at radius 2 is 2.05 bits per heavy atom. The highest BCUT2D eigenvalue weighted by Crippen LogP contribution is 2.39. The first-order valence-electron chi connectivity index (χ1n) is 5.81. The molecule has 0 aromatic heterocycles. The van der Waals surface area contributed by atoms with Gasteiger partial charge in [0.2, 0.25) is 0 Å². The van der Waals surface area contributed by atoms with E-state index in [1.165, 1.54) is 26.0 Å². The number of sulfonamides is 1. The molecule has 1 amide bonds. The van der Waals surface area contributed by atoms with Gasteiger partial charge in [0.05, 0.1) is 17.8 Å². The van der Waals surface area contributed by atoms with Gasteiger partial charge in [-0.15, -0.1) is 0 Å². The molecule has 1 fully saturated rings. The lowest BCUT2D eigenvalue weighted by atomic mass is 10.1. The van der Waals surface area contributed by atoms with Crippen molar-refractivity contribution in [3.63, 3.8) is 0 Å². The minimum atomic E-state index is -3.76. The number of anilines is 1. The number of amides is 1. The first kappa shape index (κ1) is 14.5. The van der Waals surface area contributed by atoms with Crippen LogP contribution in [-0.4, -0.2) is 25.6 Å². The van der Waals surface area contributed by atoms with E-state index in [2.05, 4.69) is 11.8 Å². The summed E-state index contributed by atoms with van der Waals surface area (Å²) in [5.74, 6) is 3.83. The molecule has 5 nitrogen and oxygen atoms in total. The second-order valence-electron chi connectivity index (χ2n) is 4.75. The largest absolute Gasteiger partial charge is 0.320 e. The number of halogens is 1. The van der Waals surface area contributed by atoms with Crippen LogP contribution < -0.4 is 10.0 Å². The van der Waals surface area contributed by atoms with Gasteiger partial charge in [0.25, 0.3) is 15.9 Å². The fourth-order valence-electron chi connectivity index (χ4n) is 1.79. The van der Waals surface area contributed by atoms with Gasteiger partial charge in [0.1, 0.15) is 5.82 Å². The van der Waals surface area contributed by atoms with Gasteiger partial charge in [-0.05, 0) is 32.0 Å². The Kier molecular flexibility index (Phi) is 3.32. The second-order valence-corrected chi connectivity index (χ2v) is 7.09. The lowest BCUT2D eigenvalue weighted by Crippen LogP contribution is -2.67. The van der Waals surface area contributed by atoms with Crippen molar-refractivity contribution < 1.29 is 17.6 Å². The molecule has 2 N–H and O–H groups in total. The highest BCUT2D eigenvalue weighted by molar-refractivity contribution is 7.98. The van der Waals surface area contributed by atoms with Crippen LogP contribution in [0, 0.1) is 17.7 Å². The Balaban J connectivity index is 2.49. The van der Waals surface area contributed by atoms with Crippen LogP contribution in [0.25, 0.3) is 0 Å². The number of benzene rings is 1. The number of hydrogen-bond donors (Lipinski definition) is 1. The van der Waals surface area contributed by atoms with Crippen LogP contribution in [0.5, 0.6) is 0 Å². The minimum Gasteiger partial charge on any atom is -0.320 e. The van der Waals surface area contributed by atoms with Gasteiger partial charge in [-0.2, -0.15) is 0 Å². The lowest BCUT2D eigenvalue weighted by molar-refractivity contribution is -0.120. The molecule has 106 valence electrons. The summed E-state index contributed by atoms with van der Waals surface area (Å²) in [5, 5.41) is 0. The fraction of sp³-hybridized carbons (Fsp3) is 0.308. The van der Waals surface area contributed by atoms with E-state index in [0.29, 0.717) is 4.31 Å². The highest BCUT2D eigenvalue weighted by atomic mass is 32.2. The first-order valence-corrected chi connectivity index (χ1v) is 7.25. The Bertz CT molecular complexity index is 745. The summed E-state index contributed by atoms with van der Waals surface area (Å²) >= 11 is 0. The maximum absolute atomic E-state index is 13.5. The second kappa shape index (κ2) is 4.58. The van der Waals surface area contributed by atoms with E-state index in [4.69, 9.17) is 5.73 Å². The number of hydrogen-bond acceptors (Lipinski definition) is 4. The van der Waals surface area contributed by atoms with Crippen LogP contribution in [0.2, 0.25) is 0 Å². The third kappa shape index (κ3) is 1.88. The number of carbonyl (C=O) groups excluding carboxylic acids is 1. The van der Waals surface area contributed by atoms with Crippen LogP contribution >= 0.6 is 0 Å². The van der Waals surface area contributed by atoms with E-state index >= 15 is 0 Å². The molecular formula is C13H13FN2O3S. The lowest BCUT2D eigenvalue weighted by Gasteiger charge is -2.42. The number of nitrogens with two attached hydrogens (primary N) is 1. The molecule has 20 heavy (non-hydrogen) atoms. The standard InChI is InChI=1S/C13H13FN2O3S/c1-13(2)12(17)16(20(13,18)19)10-5-6-11(14)9(8-10)4-3-7-15/h5-6,8H,7,15H2,1-2H3. The van der Waals surface area contributed by atoms with Crippen LogP contribution in [0.4, 0.5) is 10.1 Å². The predicted molar refractivity (Wildman–Crippen MR) is 72.8 cm³/mol. The van der Waals surface area contributed by atoms with E-state index in [1.54, 1.807) is 0 Å². The molecule has 1 saturated heterocycles. The van der Waals surface area contributed by atoms with Crippen molar-refractivity contribution in [1.82, 2.24) is 0 Å². The van der Waals surface area contributed by atoms with Gasteiger partial charge >= 0.3 is 0 Å². The summed E-state index contributed by atoms with van der Waals surface area (Å²) in [6, 6.07) is 3.53. The number of carbonyl (C=O) groups is 1. The van der Waals surface area contributed by atoms with E-state index in [-0.39, 0.29) is 17.8 Å². The Morgan fingerprint density at radius 1 is 1.40 bits per heavy atom. The van der Waals surface area contributed by atoms with Gasteiger partial charge in [-0.25, -0.2) is 17.1 Å². The maximum Gasteiger partial charge on any atom is 0.263 e. The molecule has 0 saturated carbocycles. The van der Waals surface area contributed by atoms with Crippen molar-refractivity contribution >= 4 is 21.6 Å². The molecule has 1 aliphatic rings. The monoisotopic (exact) mass is 296 g/mol. The van der Waals surface area contributed by atoms with E-state index < -0.39 is 26.5 Å². The maximum atomic E-state index is 13.5. The van der Waals surface area contributed by atoms with E-state index in [0.717, 1.165) is 6.07 Å². The summed E-state index contributed by atoms with van der Waals surface area (Å²) in [4.78, 5) is 11.9. The van der Waals surface area contributed by atoms with Crippen molar-refractivity contribution in [1.29, 1.82) is 0 Å². The molecule has 0 spiro atoms. The van der Waals surface area contributed by atoms with Crippen LogP contribution in [0.1, 0.15) is 19.4 Å². The van der Waals surface area contributed by atoms with Crippen molar-refractivity contribution in [3.05, 3.63) is 29.6 Å². The zero-order chi connectivity index (χ0) is 15.1. The van der Waals surface area contributed by atoms with Crippen LogP contribution in [0.15, 0.2) is 18.2 Å². The summed E-state index contributed by atoms with van der Waals surface area (Å²) in [6.45, 7) is 2.72. The Hall–Kier alpha value is -1.91. The third-order valence-electron chi connectivity index (χ3n) is 3.09. The molecule has 0 atom stereocenters. The Morgan fingerprint density at radius 3 is 2.60 bits per heavy atom. The van der Waals surface area contributed by atoms with Crippen molar-refractivity contribution in [2.24, 2.45) is 5.73 Å². The fourth-order valence-corrected chi connectivity index (χ4v) is 3.26. The van der Waals surface area contributed by atoms with E-state index in [1.807, 2.05) is 0 Å². The van der Waals surface area contributed by atoms with E-state index in [9.17, 15) is 17.6 Å². The minimum absolute atomic E-state index is 0.000608. The molecule has 0 unspecified atom stereocenters. The van der Waals surface area contributed by atoms with Crippen molar-refractivity contribution in [2.75, 3.05) is 10.8 Å². The SMILES string of the molecule is CC1(C)C(=O)N(c2ccc(F)c(C#CCN)c2)S1(=O)=O. The topological polar surface area (TPSA) is 80.5 Å². The summed E-state index contributed by atoms with van der Waals surface area (Å²) in [6.07, 6.45) is 0. The molecular weight excluding hydrogens is 283 g/mol. The van der Waals surface area contributed by atoms with Crippen molar-refractivity contribution in [2.45, 2.75) is 18.6 Å². The molecule has 0 bridgehead atoms. The molecule has 1 aromatic rings. The number of rotatable bonds is 1. The average Bonchev–Trinajstić information content (AvgIpc) is 2.38. The van der Waals surface area contributed by atoms with Gasteiger partial charge < -0.3 is 5.73 Å². The number of nitrogens with zero attached hydrogens (tertiary/aromatic N) is 1. The normalized spacial score (nSPS) is 19.0. The molecule has 7 heteroatoms. The van der Waals surface area contributed by atoms with Crippen LogP contribution in [0.3, 0.4) is 0 Å². The zero-order valence-corrected chi connectivity index (χ0v) is 11.8. The smallest absolute Gasteiger partial charge is 0.263 e. The summed E-state index contributed by atoms with van der Waals surface area (Å²) in [7, 11) is -3.76. The molecule has 1 aliphatic heterocycles. The molecule has 1 heterocycles. The van der Waals surface area contributed by atoms with Gasteiger partial charge in [-0.1, -0.05) is 11.8 Å². The first-order chi connectivity index (χ1) is 9.23. The molecule has 0 aliphatic carbocycles. The average molecular weight is 296 g/mol. The Labute approximate surface area is 116 Å². The highest BCUT2D eigenvalue weighted by Gasteiger charge is 2.60.